The average molecular weight is 398 g/mol. The molecule has 0 saturated carbocycles. The zero-order valence-electron chi connectivity index (χ0n) is 16.0. The smallest absolute Gasteiger partial charge is 0.224 e. The van der Waals surface area contributed by atoms with E-state index >= 15 is 0 Å². The van der Waals surface area contributed by atoms with E-state index < -0.39 is 0 Å². The van der Waals surface area contributed by atoms with E-state index in [0.29, 0.717) is 24.6 Å². The molecule has 0 fully saturated rings. The van der Waals surface area contributed by atoms with Gasteiger partial charge in [0.1, 0.15) is 12.4 Å². The fourth-order valence-electron chi connectivity index (χ4n) is 2.85. The molecule has 1 N–H and O–H groups in total. The van der Waals surface area contributed by atoms with Crippen LogP contribution in [0.1, 0.15) is 33.0 Å². The van der Waals surface area contributed by atoms with Crippen LogP contribution in [-0.4, -0.2) is 28.1 Å². The largest absolute Gasteiger partial charge is 0.492 e. The number of nitrogens with one attached hydrogen (secondary N) is 1. The third-order valence-electron chi connectivity index (χ3n) is 4.19. The maximum Gasteiger partial charge on any atom is 0.224 e. The summed E-state index contributed by atoms with van der Waals surface area (Å²) in [5.74, 6) is 0.491. The standard InChI is InChI=1S/C21H23N3O3S/c1-15-13-19(16(2)28-15)20(25)7-8-21(26)23-17-5-3-6-18(14-17)27-12-11-24-10-4-9-22-24/h3-6,9-10,13-14H,7-8,11-12H2,1-2H3,(H,23,26). The SMILES string of the molecule is Cc1cc(C(=O)CCC(=O)Nc2cccc(OCCn3cccn3)c2)c(C)s1. The van der Waals surface area contributed by atoms with Crippen LogP contribution in [0.3, 0.4) is 0 Å². The topological polar surface area (TPSA) is 73.2 Å². The molecule has 0 aliphatic carbocycles. The van der Waals surface area contributed by atoms with E-state index in [1.165, 1.54) is 0 Å². The van der Waals surface area contributed by atoms with E-state index in [1.807, 2.05) is 44.3 Å². The van der Waals surface area contributed by atoms with Crippen LogP contribution in [0.15, 0.2) is 48.8 Å². The molecule has 0 saturated heterocycles. The molecule has 0 aliphatic rings. The molecule has 0 unspecified atom stereocenters. The van der Waals surface area contributed by atoms with Gasteiger partial charge in [-0.25, -0.2) is 0 Å². The Morgan fingerprint density at radius 3 is 2.75 bits per heavy atom. The van der Waals surface area contributed by atoms with Gasteiger partial charge in [0.05, 0.1) is 6.54 Å². The third-order valence-corrected chi connectivity index (χ3v) is 5.15. The summed E-state index contributed by atoms with van der Waals surface area (Å²) in [6.45, 7) is 5.04. The summed E-state index contributed by atoms with van der Waals surface area (Å²) in [4.78, 5) is 26.6. The van der Waals surface area contributed by atoms with Gasteiger partial charge in [0, 0.05) is 52.3 Å². The number of amides is 1. The molecule has 2 aromatic heterocycles. The van der Waals surface area contributed by atoms with Gasteiger partial charge in [-0.1, -0.05) is 6.07 Å². The molecule has 7 heteroatoms. The molecule has 0 spiro atoms. The van der Waals surface area contributed by atoms with Gasteiger partial charge >= 0.3 is 0 Å². The molecule has 0 atom stereocenters. The number of aromatic nitrogens is 2. The Labute approximate surface area is 168 Å². The zero-order chi connectivity index (χ0) is 19.9. The first-order chi connectivity index (χ1) is 13.5. The van der Waals surface area contributed by atoms with Crippen LogP contribution in [0.4, 0.5) is 5.69 Å². The fourth-order valence-corrected chi connectivity index (χ4v) is 3.79. The lowest BCUT2D eigenvalue weighted by atomic mass is 10.1. The highest BCUT2D eigenvalue weighted by Gasteiger charge is 2.14. The summed E-state index contributed by atoms with van der Waals surface area (Å²) in [5.41, 5.74) is 1.37. The van der Waals surface area contributed by atoms with Crippen molar-refractivity contribution < 1.29 is 14.3 Å². The molecule has 0 radical (unpaired) electrons. The Morgan fingerprint density at radius 1 is 1.18 bits per heavy atom. The van der Waals surface area contributed by atoms with Gasteiger partial charge in [0.2, 0.25) is 5.91 Å². The molecule has 3 rings (SSSR count). The molecule has 3 aromatic rings. The third kappa shape index (κ3) is 5.53. The highest BCUT2D eigenvalue weighted by Crippen LogP contribution is 2.22. The van der Waals surface area contributed by atoms with Crippen molar-refractivity contribution in [2.75, 3.05) is 11.9 Å². The zero-order valence-corrected chi connectivity index (χ0v) is 16.8. The number of carbonyl (C=O) groups excluding carboxylic acids is 2. The first-order valence-electron chi connectivity index (χ1n) is 9.11. The Hall–Kier alpha value is -2.93. The van der Waals surface area contributed by atoms with E-state index in [-0.39, 0.29) is 24.5 Å². The van der Waals surface area contributed by atoms with Crippen LogP contribution in [0.5, 0.6) is 5.75 Å². The van der Waals surface area contributed by atoms with Crippen molar-refractivity contribution in [1.82, 2.24) is 9.78 Å². The number of thiophene rings is 1. The van der Waals surface area contributed by atoms with E-state index in [9.17, 15) is 9.59 Å². The highest BCUT2D eigenvalue weighted by atomic mass is 32.1. The van der Waals surface area contributed by atoms with Gasteiger partial charge < -0.3 is 10.1 Å². The number of aryl methyl sites for hydroxylation is 2. The van der Waals surface area contributed by atoms with Crippen LogP contribution in [0.25, 0.3) is 0 Å². The number of anilines is 1. The first kappa shape index (κ1) is 19.8. The quantitative estimate of drug-likeness (QED) is 0.548. The molecule has 0 bridgehead atoms. The van der Waals surface area contributed by atoms with Crippen LogP contribution in [0.2, 0.25) is 0 Å². The molecule has 1 aromatic carbocycles. The normalized spacial score (nSPS) is 10.6. The number of hydrogen-bond donors (Lipinski definition) is 1. The van der Waals surface area contributed by atoms with Crippen molar-refractivity contribution in [2.24, 2.45) is 0 Å². The van der Waals surface area contributed by atoms with Gasteiger partial charge in [0.15, 0.2) is 5.78 Å². The maximum atomic E-state index is 12.3. The van der Waals surface area contributed by atoms with E-state index in [1.54, 1.807) is 34.3 Å². The number of nitrogens with zero attached hydrogens (tertiary/aromatic N) is 2. The summed E-state index contributed by atoms with van der Waals surface area (Å²) in [7, 11) is 0. The van der Waals surface area contributed by atoms with Gasteiger partial charge in [-0.05, 0) is 38.1 Å². The minimum atomic E-state index is -0.188. The highest BCUT2D eigenvalue weighted by molar-refractivity contribution is 7.12. The monoisotopic (exact) mass is 397 g/mol. The van der Waals surface area contributed by atoms with E-state index in [4.69, 9.17) is 4.74 Å². The van der Waals surface area contributed by atoms with Crippen LogP contribution >= 0.6 is 11.3 Å². The molecular formula is C21H23N3O3S. The van der Waals surface area contributed by atoms with Gasteiger partial charge in [-0.15, -0.1) is 11.3 Å². The van der Waals surface area contributed by atoms with Gasteiger partial charge in [0.25, 0.3) is 0 Å². The molecule has 0 aliphatic heterocycles. The number of rotatable bonds is 9. The van der Waals surface area contributed by atoms with E-state index in [0.717, 1.165) is 15.3 Å². The molecular weight excluding hydrogens is 374 g/mol. The Kier molecular flexibility index (Phi) is 6.60. The summed E-state index contributed by atoms with van der Waals surface area (Å²) in [5, 5.41) is 6.95. The summed E-state index contributed by atoms with van der Waals surface area (Å²) < 4.78 is 7.50. The summed E-state index contributed by atoms with van der Waals surface area (Å²) in [6.07, 6.45) is 3.95. The molecule has 6 nitrogen and oxygen atoms in total. The lowest BCUT2D eigenvalue weighted by Crippen LogP contribution is -2.14. The second-order valence-electron chi connectivity index (χ2n) is 6.44. The predicted octanol–water partition coefficient (Wildman–Crippen LogP) is 4.24. The molecule has 28 heavy (non-hydrogen) atoms. The van der Waals surface area contributed by atoms with Crippen molar-refractivity contribution >= 4 is 28.7 Å². The maximum absolute atomic E-state index is 12.3. The fraction of sp³-hybridized carbons (Fsp3) is 0.286. The molecule has 1 amide bonds. The number of carbonyl (C=O) groups is 2. The van der Waals surface area contributed by atoms with Crippen molar-refractivity contribution in [3.05, 3.63) is 64.1 Å². The van der Waals surface area contributed by atoms with Crippen LogP contribution < -0.4 is 10.1 Å². The Bertz CT molecular complexity index is 948. The van der Waals surface area contributed by atoms with Crippen molar-refractivity contribution in [1.29, 1.82) is 0 Å². The number of hydrogen-bond acceptors (Lipinski definition) is 5. The van der Waals surface area contributed by atoms with Gasteiger partial charge in [-0.3, -0.25) is 14.3 Å². The van der Waals surface area contributed by atoms with Crippen molar-refractivity contribution in [3.63, 3.8) is 0 Å². The van der Waals surface area contributed by atoms with E-state index in [2.05, 4.69) is 10.4 Å². The molecule has 146 valence electrons. The number of benzene rings is 1. The molecule has 2 heterocycles. The minimum Gasteiger partial charge on any atom is -0.492 e. The number of ketones is 1. The summed E-state index contributed by atoms with van der Waals surface area (Å²) in [6, 6.07) is 11.0. The Morgan fingerprint density at radius 2 is 2.04 bits per heavy atom. The van der Waals surface area contributed by atoms with Crippen LogP contribution in [0, 0.1) is 13.8 Å². The van der Waals surface area contributed by atoms with Crippen molar-refractivity contribution in [2.45, 2.75) is 33.2 Å². The lowest BCUT2D eigenvalue weighted by Gasteiger charge is -2.09. The van der Waals surface area contributed by atoms with Crippen molar-refractivity contribution in [3.8, 4) is 5.75 Å². The second-order valence-corrected chi connectivity index (χ2v) is 7.90. The number of Topliss-reactive ketones (excluding diaryl/α,β-unsaturated/α-hetero) is 1. The second kappa shape index (κ2) is 9.32. The lowest BCUT2D eigenvalue weighted by molar-refractivity contribution is -0.116. The van der Waals surface area contributed by atoms with Crippen LogP contribution in [-0.2, 0) is 11.3 Å². The van der Waals surface area contributed by atoms with Gasteiger partial charge in [-0.2, -0.15) is 5.10 Å². The average Bonchev–Trinajstić information content (AvgIpc) is 3.29. The summed E-state index contributed by atoms with van der Waals surface area (Å²) >= 11 is 1.60. The number of ether oxygens (including phenoxy) is 1. The predicted molar refractivity (Wildman–Crippen MR) is 110 cm³/mol. The minimum absolute atomic E-state index is 0.00713. The first-order valence-corrected chi connectivity index (χ1v) is 9.93. The Balaban J connectivity index is 1.47.